The molecule has 0 radical (unpaired) electrons. The molecule has 0 unspecified atom stereocenters. The third-order valence-corrected chi connectivity index (χ3v) is 7.68. The van der Waals surface area contributed by atoms with Gasteiger partial charge in [0.2, 0.25) is 6.79 Å². The molecule has 184 valence electrons. The zero-order valence-electron chi connectivity index (χ0n) is 19.4. The van der Waals surface area contributed by atoms with E-state index >= 15 is 0 Å². The van der Waals surface area contributed by atoms with Crippen LogP contribution in [0.15, 0.2) is 46.2 Å². The van der Waals surface area contributed by atoms with Gasteiger partial charge in [-0.3, -0.25) is 18.9 Å². The molecule has 0 aliphatic carbocycles. The van der Waals surface area contributed by atoms with Gasteiger partial charge in [0.05, 0.1) is 30.2 Å². The molecular weight excluding hydrogens is 500 g/mol. The molecule has 11 heteroatoms. The normalized spacial score (nSPS) is 18.6. The van der Waals surface area contributed by atoms with Crippen LogP contribution in [0.25, 0.3) is 11.7 Å². The molecule has 2 aromatic heterocycles. The molecule has 0 bridgehead atoms. The summed E-state index contributed by atoms with van der Waals surface area (Å²) >= 11 is 6.73. The first kappa shape index (κ1) is 23.0. The molecule has 2 saturated heterocycles. The molecule has 3 aliphatic rings. The number of anilines is 1. The third kappa shape index (κ3) is 4.02. The molecule has 3 aliphatic heterocycles. The van der Waals surface area contributed by atoms with E-state index in [0.717, 1.165) is 11.1 Å². The standard InChI is InChI=1S/C25H22N4O5S2/c1-15-3-2-6-28-21(15)26-22(27-7-9-32-10-8-27)17(23(28)30)12-20-24(31)29(25(35)36-20)13-16-4-5-18-19(11-16)34-14-33-18/h2-6,11-12H,7-10,13-14H2,1H3/b20-12-. The number of thioether (sulfide) groups is 1. The van der Waals surface area contributed by atoms with Crippen molar-refractivity contribution in [3.8, 4) is 11.5 Å². The van der Waals surface area contributed by atoms with E-state index in [2.05, 4.69) is 0 Å². The van der Waals surface area contributed by atoms with E-state index in [1.165, 1.54) is 21.1 Å². The molecule has 0 N–H and O–H groups in total. The number of hydrogen-bond donors (Lipinski definition) is 0. The number of carbonyl (C=O) groups is 1. The fraction of sp³-hybridized carbons (Fsp3) is 0.280. The maximum atomic E-state index is 13.6. The first-order chi connectivity index (χ1) is 17.5. The molecule has 0 atom stereocenters. The van der Waals surface area contributed by atoms with Gasteiger partial charge in [-0.05, 0) is 42.3 Å². The Bertz CT molecular complexity index is 1500. The zero-order chi connectivity index (χ0) is 24.8. The van der Waals surface area contributed by atoms with Crippen molar-refractivity contribution in [3.63, 3.8) is 0 Å². The van der Waals surface area contributed by atoms with Gasteiger partial charge in [-0.15, -0.1) is 0 Å². The minimum Gasteiger partial charge on any atom is -0.454 e. The Morgan fingerprint density at radius 3 is 2.78 bits per heavy atom. The van der Waals surface area contributed by atoms with Crippen LogP contribution in [0, 0.1) is 6.92 Å². The first-order valence-electron chi connectivity index (χ1n) is 11.5. The summed E-state index contributed by atoms with van der Waals surface area (Å²) in [5.41, 5.74) is 2.49. The van der Waals surface area contributed by atoms with Gasteiger partial charge in [0.25, 0.3) is 11.5 Å². The van der Waals surface area contributed by atoms with Gasteiger partial charge in [0.15, 0.2) is 11.5 Å². The monoisotopic (exact) mass is 522 g/mol. The summed E-state index contributed by atoms with van der Waals surface area (Å²) in [6.07, 6.45) is 3.33. The molecule has 0 saturated carbocycles. The van der Waals surface area contributed by atoms with E-state index in [-0.39, 0.29) is 18.3 Å². The van der Waals surface area contributed by atoms with Crippen LogP contribution in [0.1, 0.15) is 16.7 Å². The van der Waals surface area contributed by atoms with Gasteiger partial charge in [0.1, 0.15) is 15.8 Å². The number of aromatic nitrogens is 2. The summed E-state index contributed by atoms with van der Waals surface area (Å²) in [5.74, 6) is 1.64. The SMILES string of the molecule is Cc1cccn2c(=O)c(/C=C3\SC(=S)N(Cc4ccc5c(c4)OCO5)C3=O)c(N3CCOCC3)nc12. The maximum Gasteiger partial charge on any atom is 0.267 e. The highest BCUT2D eigenvalue weighted by molar-refractivity contribution is 8.26. The molecule has 6 rings (SSSR count). The van der Waals surface area contributed by atoms with E-state index in [4.69, 9.17) is 31.4 Å². The van der Waals surface area contributed by atoms with Crippen LogP contribution in [0.2, 0.25) is 0 Å². The van der Waals surface area contributed by atoms with Crippen molar-refractivity contribution in [3.05, 3.63) is 68.5 Å². The number of aryl methyl sites for hydroxylation is 1. The van der Waals surface area contributed by atoms with Crippen molar-refractivity contribution < 1.29 is 19.0 Å². The summed E-state index contributed by atoms with van der Waals surface area (Å²) in [7, 11) is 0. The summed E-state index contributed by atoms with van der Waals surface area (Å²) in [5, 5.41) is 0. The number of morpholine rings is 1. The predicted molar refractivity (Wildman–Crippen MR) is 141 cm³/mol. The lowest BCUT2D eigenvalue weighted by molar-refractivity contribution is -0.122. The predicted octanol–water partition coefficient (Wildman–Crippen LogP) is 2.97. The number of benzene rings is 1. The highest BCUT2D eigenvalue weighted by Crippen LogP contribution is 2.37. The second-order valence-electron chi connectivity index (χ2n) is 8.59. The van der Waals surface area contributed by atoms with E-state index < -0.39 is 0 Å². The lowest BCUT2D eigenvalue weighted by atomic mass is 10.2. The minimum absolute atomic E-state index is 0.183. The number of amides is 1. The topological polar surface area (TPSA) is 85.6 Å². The Balaban J connectivity index is 1.38. The molecule has 9 nitrogen and oxygen atoms in total. The average molecular weight is 523 g/mol. The van der Waals surface area contributed by atoms with Gasteiger partial charge in [-0.2, -0.15) is 0 Å². The number of hydrogen-bond acceptors (Lipinski definition) is 9. The van der Waals surface area contributed by atoms with Crippen molar-refractivity contribution in [1.82, 2.24) is 14.3 Å². The molecule has 1 aromatic carbocycles. The van der Waals surface area contributed by atoms with Gasteiger partial charge in [-0.25, -0.2) is 4.98 Å². The second kappa shape index (κ2) is 9.23. The lowest BCUT2D eigenvalue weighted by Gasteiger charge is -2.29. The summed E-state index contributed by atoms with van der Waals surface area (Å²) in [6, 6.07) is 9.29. The molecular formula is C25H22N4O5S2. The fourth-order valence-corrected chi connectivity index (χ4v) is 5.67. The van der Waals surface area contributed by atoms with Crippen molar-refractivity contribution in [1.29, 1.82) is 0 Å². The Morgan fingerprint density at radius 2 is 1.94 bits per heavy atom. The number of carbonyl (C=O) groups excluding carboxylic acids is 1. The number of ether oxygens (including phenoxy) is 3. The smallest absolute Gasteiger partial charge is 0.267 e. The van der Waals surface area contributed by atoms with Gasteiger partial charge in [-0.1, -0.05) is 36.1 Å². The Kier molecular flexibility index (Phi) is 5.90. The fourth-order valence-electron chi connectivity index (χ4n) is 4.43. The highest BCUT2D eigenvalue weighted by Gasteiger charge is 2.33. The number of thiocarbonyl (C=S) groups is 1. The van der Waals surface area contributed by atoms with Gasteiger partial charge in [0, 0.05) is 19.3 Å². The Hall–Kier alpha value is -3.41. The van der Waals surface area contributed by atoms with Crippen LogP contribution in [0.4, 0.5) is 5.82 Å². The van der Waals surface area contributed by atoms with Crippen LogP contribution in [-0.4, -0.2) is 57.6 Å². The van der Waals surface area contributed by atoms with Crippen molar-refractivity contribution in [2.75, 3.05) is 38.0 Å². The molecule has 1 amide bonds. The van der Waals surface area contributed by atoms with Crippen molar-refractivity contribution >= 4 is 51.7 Å². The maximum absolute atomic E-state index is 13.6. The van der Waals surface area contributed by atoms with E-state index in [0.29, 0.717) is 70.6 Å². The molecule has 2 fully saturated rings. The van der Waals surface area contributed by atoms with Crippen molar-refractivity contribution in [2.24, 2.45) is 0 Å². The molecule has 5 heterocycles. The Labute approximate surface area is 216 Å². The summed E-state index contributed by atoms with van der Waals surface area (Å²) in [4.78, 5) is 35.9. The molecule has 36 heavy (non-hydrogen) atoms. The van der Waals surface area contributed by atoms with Crippen LogP contribution < -0.4 is 19.9 Å². The van der Waals surface area contributed by atoms with E-state index in [1.807, 2.05) is 42.2 Å². The number of nitrogens with zero attached hydrogens (tertiary/aromatic N) is 4. The number of rotatable bonds is 4. The largest absolute Gasteiger partial charge is 0.454 e. The van der Waals surface area contributed by atoms with E-state index in [1.54, 1.807) is 12.3 Å². The lowest BCUT2D eigenvalue weighted by Crippen LogP contribution is -2.38. The van der Waals surface area contributed by atoms with Crippen LogP contribution in [-0.2, 0) is 16.1 Å². The number of fused-ring (bicyclic) bond motifs is 2. The molecule has 3 aromatic rings. The van der Waals surface area contributed by atoms with Gasteiger partial charge < -0.3 is 19.1 Å². The Morgan fingerprint density at radius 1 is 1.14 bits per heavy atom. The first-order valence-corrected chi connectivity index (χ1v) is 12.7. The minimum atomic E-state index is -0.246. The zero-order valence-corrected chi connectivity index (χ0v) is 21.1. The highest BCUT2D eigenvalue weighted by atomic mass is 32.2. The van der Waals surface area contributed by atoms with Gasteiger partial charge >= 0.3 is 0 Å². The van der Waals surface area contributed by atoms with Crippen LogP contribution in [0.5, 0.6) is 11.5 Å². The summed E-state index contributed by atoms with van der Waals surface area (Å²) < 4.78 is 18.3. The quantitative estimate of drug-likeness (QED) is 0.379. The van der Waals surface area contributed by atoms with Crippen LogP contribution in [0.3, 0.4) is 0 Å². The van der Waals surface area contributed by atoms with Crippen molar-refractivity contribution in [2.45, 2.75) is 13.5 Å². The van der Waals surface area contributed by atoms with E-state index in [9.17, 15) is 9.59 Å². The summed E-state index contributed by atoms with van der Waals surface area (Å²) in [6.45, 7) is 4.72. The average Bonchev–Trinajstić information content (AvgIpc) is 3.46. The molecule has 0 spiro atoms. The van der Waals surface area contributed by atoms with Crippen LogP contribution >= 0.6 is 24.0 Å². The number of pyridine rings is 1. The third-order valence-electron chi connectivity index (χ3n) is 6.30. The second-order valence-corrected chi connectivity index (χ2v) is 10.3.